The highest BCUT2D eigenvalue weighted by molar-refractivity contribution is 8.00. The van der Waals surface area contributed by atoms with Gasteiger partial charge in [0.2, 0.25) is 0 Å². The van der Waals surface area contributed by atoms with Crippen molar-refractivity contribution in [2.24, 2.45) is 0 Å². The van der Waals surface area contributed by atoms with Gasteiger partial charge >= 0.3 is 5.51 Å². The third-order valence-electron chi connectivity index (χ3n) is 2.86. The summed E-state index contributed by atoms with van der Waals surface area (Å²) in [5.41, 5.74) is -3.28. The molecular weight excluding hydrogens is 299 g/mol. The normalized spacial score (nSPS) is 13.3. The summed E-state index contributed by atoms with van der Waals surface area (Å²) in [5.74, 6) is 0. The van der Waals surface area contributed by atoms with E-state index in [1.54, 1.807) is 24.7 Å². The van der Waals surface area contributed by atoms with E-state index in [9.17, 15) is 13.2 Å². The summed E-state index contributed by atoms with van der Waals surface area (Å²) in [6, 6.07) is 6.66. The summed E-state index contributed by atoms with van der Waals surface area (Å²) >= 11 is -0.0941. The summed E-state index contributed by atoms with van der Waals surface area (Å²) < 4.78 is 38.6. The highest BCUT2D eigenvalue weighted by Crippen LogP contribution is 2.36. The second-order valence-electron chi connectivity index (χ2n) is 4.73. The number of nitrogens with zero attached hydrogens (tertiary/aromatic N) is 2. The molecule has 114 valence electrons. The van der Waals surface area contributed by atoms with Gasteiger partial charge in [0.05, 0.1) is 6.33 Å². The topological polar surface area (TPSA) is 29.9 Å². The fourth-order valence-corrected chi connectivity index (χ4v) is 2.42. The van der Waals surface area contributed by atoms with Gasteiger partial charge in [-0.2, -0.15) is 13.2 Å². The maximum absolute atomic E-state index is 12.2. The average molecular weight is 315 g/mol. The maximum Gasteiger partial charge on any atom is 0.446 e. The Morgan fingerprint density at radius 1 is 1.29 bits per heavy atom. The molecule has 3 nitrogen and oxygen atoms in total. The number of nitrogens with one attached hydrogen (secondary N) is 1. The van der Waals surface area contributed by atoms with Crippen molar-refractivity contribution in [1.82, 2.24) is 14.9 Å². The van der Waals surface area contributed by atoms with Gasteiger partial charge in [-0.15, -0.1) is 0 Å². The molecule has 0 aliphatic rings. The number of halogens is 3. The van der Waals surface area contributed by atoms with Crippen molar-refractivity contribution in [2.45, 2.75) is 36.5 Å². The molecule has 0 bridgehead atoms. The van der Waals surface area contributed by atoms with Crippen molar-refractivity contribution in [2.75, 3.05) is 0 Å². The average Bonchev–Trinajstić information content (AvgIpc) is 2.89. The summed E-state index contributed by atoms with van der Waals surface area (Å²) in [6.07, 6.45) is 5.37. The number of aromatic nitrogens is 2. The zero-order valence-electron chi connectivity index (χ0n) is 11.5. The molecule has 0 fully saturated rings. The Hall–Kier alpha value is -1.47. The van der Waals surface area contributed by atoms with Crippen LogP contribution in [0.3, 0.4) is 0 Å². The van der Waals surface area contributed by atoms with Gasteiger partial charge in [-0.05, 0) is 36.4 Å². The van der Waals surface area contributed by atoms with Gasteiger partial charge in [-0.1, -0.05) is 12.1 Å². The Morgan fingerprint density at radius 3 is 2.57 bits per heavy atom. The first-order chi connectivity index (χ1) is 9.92. The SMILES string of the molecule is CC(Cn1ccnc1)NCc1ccc(SC(F)(F)F)cc1. The molecule has 0 radical (unpaired) electrons. The van der Waals surface area contributed by atoms with Crippen LogP contribution in [0.5, 0.6) is 0 Å². The lowest BCUT2D eigenvalue weighted by Crippen LogP contribution is -2.29. The number of thioether (sulfide) groups is 1. The molecule has 1 heterocycles. The number of rotatable bonds is 6. The van der Waals surface area contributed by atoms with Crippen LogP contribution in [0, 0.1) is 0 Å². The van der Waals surface area contributed by atoms with Crippen LogP contribution in [0.4, 0.5) is 13.2 Å². The van der Waals surface area contributed by atoms with Gasteiger partial charge in [0.1, 0.15) is 0 Å². The molecular formula is C14H16F3N3S. The molecule has 1 aromatic carbocycles. The summed E-state index contributed by atoms with van der Waals surface area (Å²) in [6.45, 7) is 3.46. The van der Waals surface area contributed by atoms with Gasteiger partial charge in [0.25, 0.3) is 0 Å². The fourth-order valence-electron chi connectivity index (χ4n) is 1.88. The van der Waals surface area contributed by atoms with E-state index in [0.29, 0.717) is 6.54 Å². The molecule has 0 spiro atoms. The van der Waals surface area contributed by atoms with E-state index in [-0.39, 0.29) is 22.7 Å². The first kappa shape index (κ1) is 15.9. The molecule has 1 atom stereocenters. The van der Waals surface area contributed by atoms with E-state index >= 15 is 0 Å². The highest BCUT2D eigenvalue weighted by atomic mass is 32.2. The van der Waals surface area contributed by atoms with Crippen molar-refractivity contribution < 1.29 is 13.2 Å². The molecule has 1 unspecified atom stereocenters. The lowest BCUT2D eigenvalue weighted by Gasteiger charge is -2.14. The summed E-state index contributed by atoms with van der Waals surface area (Å²) in [4.78, 5) is 4.18. The zero-order chi connectivity index (χ0) is 15.3. The quantitative estimate of drug-likeness (QED) is 0.825. The number of imidazole rings is 1. The van der Waals surface area contributed by atoms with Gasteiger partial charge in [0, 0.05) is 36.4 Å². The Bertz CT molecular complexity index is 538. The molecule has 2 rings (SSSR count). The minimum Gasteiger partial charge on any atom is -0.336 e. The van der Waals surface area contributed by atoms with Gasteiger partial charge in [-0.25, -0.2) is 4.98 Å². The van der Waals surface area contributed by atoms with Crippen LogP contribution < -0.4 is 5.32 Å². The Morgan fingerprint density at radius 2 is 2.00 bits per heavy atom. The van der Waals surface area contributed by atoms with Crippen LogP contribution in [0.2, 0.25) is 0 Å². The Kier molecular flexibility index (Phi) is 5.30. The predicted octanol–water partition coefficient (Wildman–Crippen LogP) is 3.67. The molecule has 7 heteroatoms. The van der Waals surface area contributed by atoms with Crippen molar-refractivity contribution in [3.63, 3.8) is 0 Å². The fraction of sp³-hybridized carbons (Fsp3) is 0.357. The van der Waals surface area contributed by atoms with Crippen molar-refractivity contribution in [1.29, 1.82) is 0 Å². The highest BCUT2D eigenvalue weighted by Gasteiger charge is 2.28. The predicted molar refractivity (Wildman–Crippen MR) is 76.9 cm³/mol. The van der Waals surface area contributed by atoms with Crippen LogP contribution in [0.25, 0.3) is 0 Å². The van der Waals surface area contributed by atoms with Gasteiger partial charge < -0.3 is 9.88 Å². The van der Waals surface area contributed by atoms with Crippen molar-refractivity contribution >= 4 is 11.8 Å². The van der Waals surface area contributed by atoms with E-state index in [0.717, 1.165) is 12.1 Å². The molecule has 0 aliphatic carbocycles. The van der Waals surface area contributed by atoms with E-state index in [4.69, 9.17) is 0 Å². The van der Waals surface area contributed by atoms with Crippen LogP contribution in [-0.4, -0.2) is 21.1 Å². The first-order valence-electron chi connectivity index (χ1n) is 6.46. The smallest absolute Gasteiger partial charge is 0.336 e. The summed E-state index contributed by atoms with van der Waals surface area (Å²) in [7, 11) is 0. The maximum atomic E-state index is 12.2. The minimum absolute atomic E-state index is 0.0941. The molecule has 21 heavy (non-hydrogen) atoms. The first-order valence-corrected chi connectivity index (χ1v) is 7.28. The van der Waals surface area contributed by atoms with E-state index in [1.165, 1.54) is 12.1 Å². The summed E-state index contributed by atoms with van der Waals surface area (Å²) in [5, 5.41) is 3.33. The number of benzene rings is 1. The van der Waals surface area contributed by atoms with E-state index in [2.05, 4.69) is 10.3 Å². The molecule has 1 N–H and O–H groups in total. The van der Waals surface area contributed by atoms with E-state index < -0.39 is 5.51 Å². The number of alkyl halides is 3. The van der Waals surface area contributed by atoms with Gasteiger partial charge in [0.15, 0.2) is 0 Å². The standard InChI is InChI=1S/C14H16F3N3S/c1-11(9-20-7-6-18-10-20)19-8-12-2-4-13(5-3-12)21-14(15,16)17/h2-7,10-11,19H,8-9H2,1H3. The Labute approximate surface area is 125 Å². The second kappa shape index (κ2) is 7.00. The third-order valence-corrected chi connectivity index (χ3v) is 3.59. The van der Waals surface area contributed by atoms with Crippen LogP contribution >= 0.6 is 11.8 Å². The van der Waals surface area contributed by atoms with Crippen LogP contribution in [0.1, 0.15) is 12.5 Å². The van der Waals surface area contributed by atoms with Crippen LogP contribution in [0.15, 0.2) is 47.9 Å². The van der Waals surface area contributed by atoms with Crippen LogP contribution in [-0.2, 0) is 13.1 Å². The van der Waals surface area contributed by atoms with E-state index in [1.807, 2.05) is 17.7 Å². The molecule has 0 aliphatic heterocycles. The molecule has 0 saturated carbocycles. The monoisotopic (exact) mass is 315 g/mol. The molecule has 2 aromatic rings. The lowest BCUT2D eigenvalue weighted by molar-refractivity contribution is -0.0328. The minimum atomic E-state index is -4.24. The van der Waals surface area contributed by atoms with Crippen molar-refractivity contribution in [3.8, 4) is 0 Å². The molecule has 1 aromatic heterocycles. The van der Waals surface area contributed by atoms with Crippen molar-refractivity contribution in [3.05, 3.63) is 48.5 Å². The largest absolute Gasteiger partial charge is 0.446 e. The number of hydrogen-bond acceptors (Lipinski definition) is 3. The lowest BCUT2D eigenvalue weighted by atomic mass is 10.2. The molecule has 0 saturated heterocycles. The number of hydrogen-bond donors (Lipinski definition) is 1. The molecule has 0 amide bonds. The zero-order valence-corrected chi connectivity index (χ0v) is 12.3. The third kappa shape index (κ3) is 5.81. The second-order valence-corrected chi connectivity index (χ2v) is 5.87. The van der Waals surface area contributed by atoms with Gasteiger partial charge in [-0.3, -0.25) is 0 Å². The Balaban J connectivity index is 1.80.